The lowest BCUT2D eigenvalue weighted by Gasteiger charge is -2.11. The number of nitrogens with two attached hydrogens (primary N) is 1. The number of hydrogen-bond donors (Lipinski definition) is 1. The first-order valence-corrected chi connectivity index (χ1v) is 8.13. The van der Waals surface area contributed by atoms with E-state index in [9.17, 15) is 9.59 Å². The minimum Gasteiger partial charge on any atom is -0.492 e. The van der Waals surface area contributed by atoms with Crippen LogP contribution < -0.4 is 10.5 Å². The predicted molar refractivity (Wildman–Crippen MR) is 96.9 cm³/mol. The molecule has 128 valence electrons. The third kappa shape index (κ3) is 3.55. The Morgan fingerprint density at radius 2 is 2.00 bits per heavy atom. The van der Waals surface area contributed by atoms with Crippen molar-refractivity contribution in [2.24, 2.45) is 5.73 Å². The van der Waals surface area contributed by atoms with E-state index < -0.39 is 0 Å². The quantitative estimate of drug-likeness (QED) is 0.674. The highest BCUT2D eigenvalue weighted by atomic mass is 16.5. The van der Waals surface area contributed by atoms with E-state index in [2.05, 4.69) is 4.57 Å². The first-order chi connectivity index (χ1) is 12.1. The normalized spacial score (nSPS) is 10.8. The number of fused-ring (bicyclic) bond motifs is 1. The molecule has 25 heavy (non-hydrogen) atoms. The van der Waals surface area contributed by atoms with Crippen LogP contribution in [0.5, 0.6) is 5.75 Å². The number of para-hydroxylation sites is 1. The van der Waals surface area contributed by atoms with Crippen molar-refractivity contribution in [1.82, 2.24) is 4.57 Å². The Hall–Kier alpha value is -3.08. The van der Waals surface area contributed by atoms with E-state index in [4.69, 9.17) is 10.5 Å². The maximum absolute atomic E-state index is 11.4. The molecule has 0 fully saturated rings. The van der Waals surface area contributed by atoms with Gasteiger partial charge in [0, 0.05) is 22.2 Å². The van der Waals surface area contributed by atoms with E-state index in [0.717, 1.165) is 34.0 Å². The molecule has 3 aromatic rings. The number of aromatic nitrogens is 1. The fourth-order valence-corrected chi connectivity index (χ4v) is 3.10. The number of hydrogen-bond acceptors (Lipinski definition) is 3. The molecule has 0 atom stereocenters. The number of primary amides is 1. The second-order valence-corrected chi connectivity index (χ2v) is 5.92. The van der Waals surface area contributed by atoms with Crippen LogP contribution in [0.3, 0.4) is 0 Å². The minimum atomic E-state index is -0.368. The number of benzene rings is 2. The van der Waals surface area contributed by atoms with E-state index in [0.29, 0.717) is 18.9 Å². The summed E-state index contributed by atoms with van der Waals surface area (Å²) in [6.07, 6.45) is 1.10. The summed E-state index contributed by atoms with van der Waals surface area (Å²) >= 11 is 0. The average molecular weight is 336 g/mol. The summed E-state index contributed by atoms with van der Waals surface area (Å²) in [7, 11) is 0. The van der Waals surface area contributed by atoms with Crippen LogP contribution in [-0.2, 0) is 17.8 Å². The Balaban J connectivity index is 1.75. The first kappa shape index (κ1) is 16.8. The molecule has 0 spiro atoms. The molecule has 0 bridgehead atoms. The van der Waals surface area contributed by atoms with Crippen molar-refractivity contribution >= 4 is 23.1 Å². The van der Waals surface area contributed by atoms with Crippen molar-refractivity contribution in [1.29, 1.82) is 0 Å². The van der Waals surface area contributed by atoms with E-state index in [1.165, 1.54) is 0 Å². The van der Waals surface area contributed by atoms with Crippen molar-refractivity contribution in [3.8, 4) is 5.75 Å². The van der Waals surface area contributed by atoms with Gasteiger partial charge >= 0.3 is 0 Å². The van der Waals surface area contributed by atoms with Crippen molar-refractivity contribution in [2.75, 3.05) is 6.61 Å². The van der Waals surface area contributed by atoms with Crippen LogP contribution in [0.25, 0.3) is 10.9 Å². The van der Waals surface area contributed by atoms with Gasteiger partial charge in [0.05, 0.1) is 13.0 Å². The molecule has 0 saturated heterocycles. The van der Waals surface area contributed by atoms with Gasteiger partial charge < -0.3 is 15.0 Å². The lowest BCUT2D eigenvalue weighted by atomic mass is 10.1. The Bertz CT molecular complexity index is 928. The van der Waals surface area contributed by atoms with Gasteiger partial charge in [-0.15, -0.1) is 0 Å². The number of nitrogens with zero attached hydrogens (tertiary/aromatic N) is 1. The molecule has 0 saturated carbocycles. The third-order valence-corrected chi connectivity index (χ3v) is 4.26. The van der Waals surface area contributed by atoms with E-state index >= 15 is 0 Å². The molecule has 1 aromatic heterocycles. The lowest BCUT2D eigenvalue weighted by Crippen LogP contribution is -2.14. The topological polar surface area (TPSA) is 74.3 Å². The number of rotatable bonds is 7. The standard InChI is InChI=1S/C20H20N2O3/c1-14-18(13-23)17-7-2-3-8-19(17)22(14)9-10-25-16-6-4-5-15(11-16)12-20(21)24/h2-8,11,13H,9-10,12H2,1H3,(H2,21,24). The number of ether oxygens (including phenoxy) is 1. The molecule has 2 N–H and O–H groups in total. The SMILES string of the molecule is Cc1c(C=O)c2ccccc2n1CCOc1cccc(CC(N)=O)c1. The van der Waals surface area contributed by atoms with Gasteiger partial charge in [-0.3, -0.25) is 9.59 Å². The highest BCUT2D eigenvalue weighted by molar-refractivity contribution is 5.99. The van der Waals surface area contributed by atoms with Gasteiger partial charge in [-0.05, 0) is 30.7 Å². The first-order valence-electron chi connectivity index (χ1n) is 8.13. The van der Waals surface area contributed by atoms with Crippen LogP contribution in [0, 0.1) is 6.92 Å². The van der Waals surface area contributed by atoms with Crippen molar-refractivity contribution in [3.05, 3.63) is 65.4 Å². The van der Waals surface area contributed by atoms with Crippen LogP contribution in [0.1, 0.15) is 21.6 Å². The molecule has 0 aliphatic carbocycles. The molecule has 0 radical (unpaired) electrons. The maximum Gasteiger partial charge on any atom is 0.221 e. The zero-order chi connectivity index (χ0) is 17.8. The molecule has 0 aliphatic rings. The average Bonchev–Trinajstić information content (AvgIpc) is 2.86. The molecule has 5 heteroatoms. The number of aldehydes is 1. The molecular formula is C20H20N2O3. The smallest absolute Gasteiger partial charge is 0.221 e. The van der Waals surface area contributed by atoms with Crippen molar-refractivity contribution in [3.63, 3.8) is 0 Å². The third-order valence-electron chi connectivity index (χ3n) is 4.26. The molecule has 0 unspecified atom stereocenters. The summed E-state index contributed by atoms with van der Waals surface area (Å²) in [5.41, 5.74) is 8.73. The van der Waals surface area contributed by atoms with E-state index in [1.54, 1.807) is 0 Å². The zero-order valence-electron chi connectivity index (χ0n) is 14.1. The molecule has 1 heterocycles. The van der Waals surface area contributed by atoms with Gasteiger partial charge in [0.1, 0.15) is 12.4 Å². The number of carbonyl (C=O) groups is 2. The summed E-state index contributed by atoms with van der Waals surface area (Å²) in [5.74, 6) is 0.330. The minimum absolute atomic E-state index is 0.196. The molecule has 2 aromatic carbocycles. The van der Waals surface area contributed by atoms with Crippen molar-refractivity contribution < 1.29 is 14.3 Å². The summed E-state index contributed by atoms with van der Waals surface area (Å²) in [4.78, 5) is 22.4. The second-order valence-electron chi connectivity index (χ2n) is 5.92. The molecule has 5 nitrogen and oxygen atoms in total. The lowest BCUT2D eigenvalue weighted by molar-refractivity contribution is -0.117. The largest absolute Gasteiger partial charge is 0.492 e. The highest BCUT2D eigenvalue weighted by Gasteiger charge is 2.12. The van der Waals surface area contributed by atoms with Crippen LogP contribution in [0.15, 0.2) is 48.5 Å². The van der Waals surface area contributed by atoms with Gasteiger partial charge in [-0.25, -0.2) is 0 Å². The van der Waals surface area contributed by atoms with Crippen molar-refractivity contribution in [2.45, 2.75) is 19.9 Å². The Morgan fingerprint density at radius 3 is 2.76 bits per heavy atom. The summed E-state index contributed by atoms with van der Waals surface area (Å²) < 4.78 is 7.91. The second kappa shape index (κ2) is 7.21. The molecular weight excluding hydrogens is 316 g/mol. The Morgan fingerprint density at radius 1 is 1.20 bits per heavy atom. The fraction of sp³-hybridized carbons (Fsp3) is 0.200. The number of carbonyl (C=O) groups excluding carboxylic acids is 2. The summed E-state index contributed by atoms with van der Waals surface area (Å²) in [6.45, 7) is 3.02. The summed E-state index contributed by atoms with van der Waals surface area (Å²) in [5, 5.41) is 0.957. The Labute approximate surface area is 146 Å². The molecule has 1 amide bonds. The highest BCUT2D eigenvalue weighted by Crippen LogP contribution is 2.24. The monoisotopic (exact) mass is 336 g/mol. The number of amides is 1. The van der Waals surface area contributed by atoms with Crippen LogP contribution >= 0.6 is 0 Å². The zero-order valence-corrected chi connectivity index (χ0v) is 14.1. The molecule has 3 rings (SSSR count). The van der Waals surface area contributed by atoms with Crippen LogP contribution in [0.4, 0.5) is 0 Å². The van der Waals surface area contributed by atoms with Gasteiger partial charge in [0.15, 0.2) is 6.29 Å². The van der Waals surface area contributed by atoms with Gasteiger partial charge in [0.2, 0.25) is 5.91 Å². The predicted octanol–water partition coefficient (Wildman–Crippen LogP) is 2.87. The van der Waals surface area contributed by atoms with Crippen LogP contribution in [0.2, 0.25) is 0 Å². The van der Waals surface area contributed by atoms with Gasteiger partial charge in [-0.2, -0.15) is 0 Å². The van der Waals surface area contributed by atoms with Gasteiger partial charge in [-0.1, -0.05) is 30.3 Å². The fourth-order valence-electron chi connectivity index (χ4n) is 3.10. The maximum atomic E-state index is 11.4. The van der Waals surface area contributed by atoms with E-state index in [1.807, 2.05) is 55.5 Å². The van der Waals surface area contributed by atoms with E-state index in [-0.39, 0.29) is 12.3 Å². The van der Waals surface area contributed by atoms with Gasteiger partial charge in [0.25, 0.3) is 0 Å². The Kier molecular flexibility index (Phi) is 4.84. The van der Waals surface area contributed by atoms with Crippen LogP contribution in [-0.4, -0.2) is 23.4 Å². The molecule has 0 aliphatic heterocycles. The summed E-state index contributed by atoms with van der Waals surface area (Å²) in [6, 6.07) is 15.2.